The molecule has 0 spiro atoms. The lowest BCUT2D eigenvalue weighted by molar-refractivity contribution is -0.153. The van der Waals surface area contributed by atoms with Crippen LogP contribution in [0.2, 0.25) is 0 Å². The third-order valence-electron chi connectivity index (χ3n) is 3.49. The first kappa shape index (κ1) is 18.3. The summed E-state index contributed by atoms with van der Waals surface area (Å²) in [5.41, 5.74) is 0. The molecule has 1 atom stereocenters. The molecule has 0 amide bonds. The van der Waals surface area contributed by atoms with Crippen LogP contribution >= 0.6 is 0 Å². The summed E-state index contributed by atoms with van der Waals surface area (Å²) in [5.74, 6) is -0.164. The lowest BCUT2D eigenvalue weighted by Crippen LogP contribution is -2.19. The van der Waals surface area contributed by atoms with Crippen molar-refractivity contribution < 1.29 is 22.3 Å². The van der Waals surface area contributed by atoms with Crippen LogP contribution < -0.4 is 4.74 Å². The molecule has 0 aromatic heterocycles. The Morgan fingerprint density at radius 1 is 0.692 bits per heavy atom. The maximum atomic E-state index is 13.3. The smallest absolute Gasteiger partial charge is 0.422 e. The van der Waals surface area contributed by atoms with Gasteiger partial charge in [0, 0.05) is 0 Å². The Morgan fingerprint density at radius 3 is 1.73 bits per heavy atom. The van der Waals surface area contributed by atoms with Gasteiger partial charge in [0.15, 0.2) is 21.3 Å². The predicted octanol–water partition coefficient (Wildman–Crippen LogP) is 5.86. The molecule has 0 bridgehead atoms. The van der Waals surface area contributed by atoms with Crippen LogP contribution in [0.15, 0.2) is 93.5 Å². The first-order valence-electron chi connectivity index (χ1n) is 7.77. The molecule has 26 heavy (non-hydrogen) atoms. The van der Waals surface area contributed by atoms with E-state index in [-0.39, 0.29) is 11.6 Å². The summed E-state index contributed by atoms with van der Waals surface area (Å²) in [7, 11) is -0.497. The molecule has 3 rings (SSSR count). The third kappa shape index (κ3) is 4.79. The van der Waals surface area contributed by atoms with Crippen LogP contribution in [0.25, 0.3) is 0 Å². The minimum Gasteiger partial charge on any atom is -0.484 e. The molecule has 134 valence electrons. The molecular weight excluding hydrogens is 364 g/mol. The van der Waals surface area contributed by atoms with Crippen molar-refractivity contribution >= 4 is 10.9 Å². The zero-order valence-corrected chi connectivity index (χ0v) is 14.4. The van der Waals surface area contributed by atoms with Crippen LogP contribution in [0.3, 0.4) is 0 Å². The molecule has 0 aliphatic heterocycles. The zero-order chi connectivity index (χ0) is 18.6. The Bertz CT molecular complexity index is 830. The normalized spacial score (nSPS) is 12.6. The summed E-state index contributed by atoms with van der Waals surface area (Å²) in [6, 6.07) is 22.5. The Labute approximate surface area is 151 Å². The van der Waals surface area contributed by atoms with Gasteiger partial charge >= 0.3 is 6.18 Å². The van der Waals surface area contributed by atoms with Crippen LogP contribution in [0, 0.1) is 5.82 Å². The SMILES string of the molecule is Fc1ccc([S+](c2ccccc2)c2ccc(OCC(F)(F)F)cc2)cc1. The highest BCUT2D eigenvalue weighted by molar-refractivity contribution is 7.97. The van der Waals surface area contributed by atoms with E-state index < -0.39 is 23.7 Å². The van der Waals surface area contributed by atoms with Crippen molar-refractivity contribution in [3.63, 3.8) is 0 Å². The molecule has 0 aliphatic carbocycles. The lowest BCUT2D eigenvalue weighted by Gasteiger charge is -2.11. The number of halogens is 4. The molecular formula is C20H15F4OS+. The summed E-state index contributed by atoms with van der Waals surface area (Å²) < 4.78 is 54.9. The van der Waals surface area contributed by atoms with E-state index in [1.165, 1.54) is 24.3 Å². The molecule has 1 nitrogen and oxygen atoms in total. The molecule has 0 radical (unpaired) electrons. The van der Waals surface area contributed by atoms with Gasteiger partial charge in [-0.25, -0.2) is 4.39 Å². The van der Waals surface area contributed by atoms with E-state index in [1.807, 2.05) is 30.3 Å². The Hall–Kier alpha value is -2.47. The van der Waals surface area contributed by atoms with E-state index in [4.69, 9.17) is 4.74 Å². The standard InChI is InChI=1S/C20H15F4OS/c21-15-6-10-18(11-7-15)26(17-4-2-1-3-5-17)19-12-8-16(9-13-19)25-14-20(22,23)24/h1-13H,14H2/q+1. The van der Waals surface area contributed by atoms with Gasteiger partial charge in [-0.2, -0.15) is 13.2 Å². The Kier molecular flexibility index (Phi) is 5.52. The summed E-state index contributed by atoms with van der Waals surface area (Å²) >= 11 is 0. The fourth-order valence-electron chi connectivity index (χ4n) is 2.37. The van der Waals surface area contributed by atoms with Gasteiger partial charge in [0.25, 0.3) is 0 Å². The van der Waals surface area contributed by atoms with Crippen molar-refractivity contribution in [2.45, 2.75) is 20.9 Å². The van der Waals surface area contributed by atoms with Gasteiger partial charge in [-0.15, -0.1) is 0 Å². The summed E-state index contributed by atoms with van der Waals surface area (Å²) in [5, 5.41) is 0. The molecule has 3 aromatic rings. The number of alkyl halides is 3. The summed E-state index contributed by atoms with van der Waals surface area (Å²) in [6.07, 6.45) is -4.37. The maximum absolute atomic E-state index is 13.3. The van der Waals surface area contributed by atoms with Crippen LogP contribution in [-0.2, 0) is 10.9 Å². The highest BCUT2D eigenvalue weighted by Crippen LogP contribution is 2.32. The van der Waals surface area contributed by atoms with Gasteiger partial charge in [-0.3, -0.25) is 0 Å². The van der Waals surface area contributed by atoms with Crippen molar-refractivity contribution in [2.24, 2.45) is 0 Å². The molecule has 0 saturated carbocycles. The number of benzene rings is 3. The maximum Gasteiger partial charge on any atom is 0.422 e. The van der Waals surface area contributed by atoms with E-state index in [0.717, 1.165) is 14.7 Å². The van der Waals surface area contributed by atoms with Gasteiger partial charge < -0.3 is 4.74 Å². The second kappa shape index (κ2) is 7.83. The Balaban J connectivity index is 1.91. The van der Waals surface area contributed by atoms with E-state index in [1.54, 1.807) is 24.3 Å². The van der Waals surface area contributed by atoms with Crippen LogP contribution in [0.5, 0.6) is 5.75 Å². The van der Waals surface area contributed by atoms with Crippen molar-refractivity contribution in [3.8, 4) is 5.75 Å². The molecule has 6 heteroatoms. The van der Waals surface area contributed by atoms with E-state index in [0.29, 0.717) is 0 Å². The van der Waals surface area contributed by atoms with Gasteiger partial charge in [-0.05, 0) is 60.7 Å². The molecule has 0 heterocycles. The summed E-state index contributed by atoms with van der Waals surface area (Å²) in [4.78, 5) is 2.85. The molecule has 1 unspecified atom stereocenters. The van der Waals surface area contributed by atoms with Crippen molar-refractivity contribution in [1.29, 1.82) is 0 Å². The minimum atomic E-state index is -4.37. The lowest BCUT2D eigenvalue weighted by atomic mass is 10.3. The average Bonchev–Trinajstić information content (AvgIpc) is 2.63. The number of hydrogen-bond donors (Lipinski definition) is 0. The first-order chi connectivity index (χ1) is 12.4. The quantitative estimate of drug-likeness (QED) is 0.398. The molecule has 0 fully saturated rings. The number of ether oxygens (including phenoxy) is 1. The fraction of sp³-hybridized carbons (Fsp3) is 0.100. The van der Waals surface area contributed by atoms with Gasteiger partial charge in [0.05, 0.1) is 10.9 Å². The summed E-state index contributed by atoms with van der Waals surface area (Å²) in [6.45, 7) is -1.32. The highest BCUT2D eigenvalue weighted by Gasteiger charge is 2.30. The second-order valence-electron chi connectivity index (χ2n) is 5.45. The topological polar surface area (TPSA) is 9.23 Å². The van der Waals surface area contributed by atoms with Gasteiger partial charge in [-0.1, -0.05) is 18.2 Å². The van der Waals surface area contributed by atoms with Crippen LogP contribution in [0.1, 0.15) is 0 Å². The van der Waals surface area contributed by atoms with Crippen LogP contribution in [0.4, 0.5) is 17.6 Å². The third-order valence-corrected chi connectivity index (χ3v) is 5.72. The first-order valence-corrected chi connectivity index (χ1v) is 8.99. The highest BCUT2D eigenvalue weighted by atomic mass is 32.2. The van der Waals surface area contributed by atoms with Gasteiger partial charge in [0.2, 0.25) is 0 Å². The van der Waals surface area contributed by atoms with Crippen molar-refractivity contribution in [1.82, 2.24) is 0 Å². The molecule has 0 saturated heterocycles. The van der Waals surface area contributed by atoms with E-state index in [9.17, 15) is 17.6 Å². The Morgan fingerprint density at radius 2 is 1.19 bits per heavy atom. The average molecular weight is 379 g/mol. The molecule has 3 aromatic carbocycles. The van der Waals surface area contributed by atoms with Crippen LogP contribution in [-0.4, -0.2) is 12.8 Å². The molecule has 0 aliphatic rings. The number of hydrogen-bond acceptors (Lipinski definition) is 1. The predicted molar refractivity (Wildman–Crippen MR) is 93.0 cm³/mol. The van der Waals surface area contributed by atoms with Gasteiger partial charge in [0.1, 0.15) is 11.6 Å². The monoisotopic (exact) mass is 379 g/mol. The van der Waals surface area contributed by atoms with E-state index >= 15 is 0 Å². The minimum absolute atomic E-state index is 0.154. The number of rotatable bonds is 5. The zero-order valence-electron chi connectivity index (χ0n) is 13.5. The molecule has 0 N–H and O–H groups in total. The second-order valence-corrected chi connectivity index (χ2v) is 7.48. The fourth-order valence-corrected chi connectivity index (χ4v) is 4.43. The largest absolute Gasteiger partial charge is 0.484 e. The van der Waals surface area contributed by atoms with E-state index in [2.05, 4.69) is 0 Å². The van der Waals surface area contributed by atoms with Crippen molar-refractivity contribution in [3.05, 3.63) is 84.7 Å². The van der Waals surface area contributed by atoms with Crippen molar-refractivity contribution in [2.75, 3.05) is 6.61 Å².